The number of rotatable bonds is 5. The predicted molar refractivity (Wildman–Crippen MR) is 100 cm³/mol. The van der Waals surface area contributed by atoms with Crippen LogP contribution in [0.5, 0.6) is 0 Å². The van der Waals surface area contributed by atoms with Crippen LogP contribution in [0.4, 0.5) is 11.6 Å². The summed E-state index contributed by atoms with van der Waals surface area (Å²) < 4.78 is 0. The number of hydrogen-bond donors (Lipinski definition) is 0. The first-order chi connectivity index (χ1) is 12.6. The van der Waals surface area contributed by atoms with Crippen molar-refractivity contribution in [2.45, 2.75) is 20.8 Å². The zero-order chi connectivity index (χ0) is 18.5. The first kappa shape index (κ1) is 18.0. The number of anilines is 2. The Balaban J connectivity index is 1.59. The van der Waals surface area contributed by atoms with Gasteiger partial charge in [0.15, 0.2) is 11.6 Å². The van der Waals surface area contributed by atoms with E-state index >= 15 is 0 Å². The molecule has 26 heavy (non-hydrogen) atoms. The van der Waals surface area contributed by atoms with Crippen molar-refractivity contribution in [2.75, 3.05) is 49.1 Å². The normalized spacial score (nSPS) is 14.4. The van der Waals surface area contributed by atoms with Crippen LogP contribution in [-0.2, 0) is 0 Å². The molecule has 3 heterocycles. The van der Waals surface area contributed by atoms with Gasteiger partial charge in [0.05, 0.1) is 11.9 Å². The highest BCUT2D eigenvalue weighted by Gasteiger charge is 2.24. The van der Waals surface area contributed by atoms with Gasteiger partial charge in [0, 0.05) is 45.5 Å². The molecule has 0 radical (unpaired) electrons. The number of aryl methyl sites for hydroxylation is 1. The van der Waals surface area contributed by atoms with Crippen LogP contribution >= 0.6 is 0 Å². The lowest BCUT2D eigenvalue weighted by molar-refractivity contribution is 0.0740. The molecule has 1 amide bonds. The molecule has 1 aliphatic heterocycles. The van der Waals surface area contributed by atoms with Crippen molar-refractivity contribution in [2.24, 2.45) is 0 Å². The van der Waals surface area contributed by atoms with Gasteiger partial charge in [-0.15, -0.1) is 10.2 Å². The number of carbonyl (C=O) groups is 1. The van der Waals surface area contributed by atoms with Crippen molar-refractivity contribution in [1.29, 1.82) is 0 Å². The summed E-state index contributed by atoms with van der Waals surface area (Å²) in [6.45, 7) is 10.6. The fourth-order valence-electron chi connectivity index (χ4n) is 3.01. The number of amides is 1. The Bertz CT molecular complexity index is 720. The van der Waals surface area contributed by atoms with Crippen molar-refractivity contribution >= 4 is 17.5 Å². The lowest BCUT2D eigenvalue weighted by Gasteiger charge is -2.35. The Morgan fingerprint density at radius 1 is 1.04 bits per heavy atom. The van der Waals surface area contributed by atoms with Gasteiger partial charge in [-0.25, -0.2) is 4.98 Å². The molecular formula is C18H25N7O. The van der Waals surface area contributed by atoms with Gasteiger partial charge in [0.25, 0.3) is 5.91 Å². The van der Waals surface area contributed by atoms with Crippen LogP contribution < -0.4 is 9.80 Å². The molecule has 3 rings (SSSR count). The first-order valence-electron chi connectivity index (χ1n) is 9.04. The van der Waals surface area contributed by atoms with Crippen LogP contribution in [-0.4, -0.2) is 70.2 Å². The van der Waals surface area contributed by atoms with Gasteiger partial charge < -0.3 is 14.7 Å². The molecule has 138 valence electrons. The first-order valence-corrected chi connectivity index (χ1v) is 9.04. The third-order valence-electron chi connectivity index (χ3n) is 4.61. The van der Waals surface area contributed by atoms with E-state index in [0.29, 0.717) is 18.8 Å². The smallest absolute Gasteiger partial charge is 0.274 e. The van der Waals surface area contributed by atoms with Crippen molar-refractivity contribution in [3.8, 4) is 0 Å². The highest BCUT2D eigenvalue weighted by molar-refractivity contribution is 5.92. The molecule has 2 aromatic heterocycles. The molecule has 0 aliphatic carbocycles. The molecule has 1 fully saturated rings. The van der Waals surface area contributed by atoms with Gasteiger partial charge in [-0.3, -0.25) is 9.78 Å². The SMILES string of the molecule is CCN(CC)c1ccc(N2CCN(C(=O)c3cnc(C)cn3)CC2)nn1. The van der Waals surface area contributed by atoms with E-state index in [-0.39, 0.29) is 5.91 Å². The molecule has 8 heteroatoms. The minimum Gasteiger partial charge on any atom is -0.356 e. The maximum absolute atomic E-state index is 12.5. The van der Waals surface area contributed by atoms with Gasteiger partial charge in [0.1, 0.15) is 5.69 Å². The van der Waals surface area contributed by atoms with E-state index in [1.165, 1.54) is 0 Å². The molecule has 2 aromatic rings. The van der Waals surface area contributed by atoms with Crippen LogP contribution in [0, 0.1) is 6.92 Å². The molecule has 0 unspecified atom stereocenters. The van der Waals surface area contributed by atoms with E-state index in [9.17, 15) is 4.79 Å². The van der Waals surface area contributed by atoms with E-state index in [2.05, 4.69) is 43.8 Å². The Kier molecular flexibility index (Phi) is 5.60. The number of piperazine rings is 1. The molecular weight excluding hydrogens is 330 g/mol. The third-order valence-corrected chi connectivity index (χ3v) is 4.61. The topological polar surface area (TPSA) is 78.4 Å². The second kappa shape index (κ2) is 8.07. The zero-order valence-electron chi connectivity index (χ0n) is 15.6. The van der Waals surface area contributed by atoms with Crippen LogP contribution in [0.25, 0.3) is 0 Å². The predicted octanol–water partition coefficient (Wildman–Crippen LogP) is 1.38. The summed E-state index contributed by atoms with van der Waals surface area (Å²) in [5.41, 5.74) is 1.20. The molecule has 0 N–H and O–H groups in total. The lowest BCUT2D eigenvalue weighted by Crippen LogP contribution is -2.49. The van der Waals surface area contributed by atoms with E-state index in [4.69, 9.17) is 0 Å². The summed E-state index contributed by atoms with van der Waals surface area (Å²) in [7, 11) is 0. The maximum atomic E-state index is 12.5. The fraction of sp³-hybridized carbons (Fsp3) is 0.500. The molecule has 0 atom stereocenters. The van der Waals surface area contributed by atoms with Gasteiger partial charge in [-0.1, -0.05) is 0 Å². The highest BCUT2D eigenvalue weighted by Crippen LogP contribution is 2.17. The van der Waals surface area contributed by atoms with Crippen LogP contribution in [0.2, 0.25) is 0 Å². The average molecular weight is 355 g/mol. The van der Waals surface area contributed by atoms with E-state index in [1.54, 1.807) is 12.4 Å². The van der Waals surface area contributed by atoms with Gasteiger partial charge in [-0.2, -0.15) is 0 Å². The lowest BCUT2D eigenvalue weighted by atomic mass is 10.2. The summed E-state index contributed by atoms with van der Waals surface area (Å²) in [6, 6.07) is 4.01. The number of carbonyl (C=O) groups excluding carboxylic acids is 1. The van der Waals surface area contributed by atoms with Crippen LogP contribution in [0.15, 0.2) is 24.5 Å². The largest absolute Gasteiger partial charge is 0.356 e. The summed E-state index contributed by atoms with van der Waals surface area (Å²) in [6.07, 6.45) is 3.16. The molecule has 0 spiro atoms. The quantitative estimate of drug-likeness (QED) is 0.802. The molecule has 1 aliphatic rings. The van der Waals surface area contributed by atoms with Crippen molar-refractivity contribution < 1.29 is 4.79 Å². The summed E-state index contributed by atoms with van der Waals surface area (Å²) in [4.78, 5) is 27.0. The fourth-order valence-corrected chi connectivity index (χ4v) is 3.01. The number of aromatic nitrogens is 4. The van der Waals surface area contributed by atoms with Gasteiger partial charge in [0.2, 0.25) is 0 Å². The Hall–Kier alpha value is -2.77. The molecule has 1 saturated heterocycles. The van der Waals surface area contributed by atoms with Gasteiger partial charge >= 0.3 is 0 Å². The molecule has 0 saturated carbocycles. The number of nitrogens with zero attached hydrogens (tertiary/aromatic N) is 7. The third kappa shape index (κ3) is 3.89. The molecule has 0 aromatic carbocycles. The molecule has 8 nitrogen and oxygen atoms in total. The van der Waals surface area contributed by atoms with Crippen LogP contribution in [0.1, 0.15) is 30.0 Å². The van der Waals surface area contributed by atoms with E-state index < -0.39 is 0 Å². The van der Waals surface area contributed by atoms with Crippen molar-refractivity contribution in [3.05, 3.63) is 35.9 Å². The van der Waals surface area contributed by atoms with Crippen molar-refractivity contribution in [3.63, 3.8) is 0 Å². The molecule has 0 bridgehead atoms. The summed E-state index contributed by atoms with van der Waals surface area (Å²) in [5, 5.41) is 8.71. The maximum Gasteiger partial charge on any atom is 0.274 e. The van der Waals surface area contributed by atoms with E-state index in [1.807, 2.05) is 24.0 Å². The second-order valence-corrected chi connectivity index (χ2v) is 6.24. The zero-order valence-corrected chi connectivity index (χ0v) is 15.6. The average Bonchev–Trinajstić information content (AvgIpc) is 2.70. The standard InChI is InChI=1S/C18H25N7O/c1-4-23(5-2)16-6-7-17(22-21-16)24-8-10-25(11-9-24)18(26)15-13-19-14(3)12-20-15/h6-7,12-13H,4-5,8-11H2,1-3H3. The minimum atomic E-state index is -0.0693. The monoisotopic (exact) mass is 355 g/mol. The van der Waals surface area contributed by atoms with Gasteiger partial charge in [-0.05, 0) is 32.9 Å². The minimum absolute atomic E-state index is 0.0693. The Morgan fingerprint density at radius 2 is 1.77 bits per heavy atom. The summed E-state index contributed by atoms with van der Waals surface area (Å²) in [5.74, 6) is 1.67. The highest BCUT2D eigenvalue weighted by atomic mass is 16.2. The van der Waals surface area contributed by atoms with E-state index in [0.717, 1.165) is 43.5 Å². The second-order valence-electron chi connectivity index (χ2n) is 6.24. The number of hydrogen-bond acceptors (Lipinski definition) is 7. The Morgan fingerprint density at radius 3 is 2.31 bits per heavy atom. The summed E-state index contributed by atoms with van der Waals surface area (Å²) >= 11 is 0. The van der Waals surface area contributed by atoms with Crippen LogP contribution in [0.3, 0.4) is 0 Å². The van der Waals surface area contributed by atoms with Crippen molar-refractivity contribution in [1.82, 2.24) is 25.1 Å². The Labute approximate surface area is 153 Å².